The fourth-order valence-corrected chi connectivity index (χ4v) is 1.61. The van der Waals surface area contributed by atoms with Gasteiger partial charge in [0.1, 0.15) is 0 Å². The summed E-state index contributed by atoms with van der Waals surface area (Å²) < 4.78 is 5.03. The quantitative estimate of drug-likeness (QED) is 0.659. The van der Waals surface area contributed by atoms with Crippen LogP contribution in [-0.2, 0) is 0 Å². The van der Waals surface area contributed by atoms with Crippen LogP contribution >= 0.6 is 0 Å². The molecule has 0 radical (unpaired) electrons. The first kappa shape index (κ1) is 11.8. The molecule has 0 aliphatic rings. The van der Waals surface area contributed by atoms with Gasteiger partial charge in [-0.25, -0.2) is 9.78 Å². The lowest BCUT2D eigenvalue weighted by molar-refractivity contribution is -0.384. The fourth-order valence-electron chi connectivity index (χ4n) is 1.61. The molecule has 0 unspecified atom stereocenters. The van der Waals surface area contributed by atoms with Crippen LogP contribution in [0.4, 0.5) is 5.69 Å². The predicted molar refractivity (Wildman–Crippen MR) is 60.3 cm³/mol. The number of nitro groups is 1. The van der Waals surface area contributed by atoms with Gasteiger partial charge in [-0.05, 0) is 18.6 Å². The molecule has 0 aliphatic heterocycles. The third-order valence-corrected chi connectivity index (χ3v) is 2.44. The standard InChI is InChI=1S/C11H8N2O5/c1-6-4-7(13(16)17)2-3-8(6)10-9(11(14)15)12-5-18-10/h2-5H,1H3,(H,14,15). The van der Waals surface area contributed by atoms with E-state index in [1.165, 1.54) is 18.2 Å². The summed E-state index contributed by atoms with van der Waals surface area (Å²) in [5, 5.41) is 19.5. The van der Waals surface area contributed by atoms with Crippen molar-refractivity contribution in [3.63, 3.8) is 0 Å². The lowest BCUT2D eigenvalue weighted by atomic mass is 10.0. The van der Waals surface area contributed by atoms with E-state index >= 15 is 0 Å². The van der Waals surface area contributed by atoms with E-state index in [-0.39, 0.29) is 17.1 Å². The molecule has 0 spiro atoms. The molecule has 1 aromatic carbocycles. The van der Waals surface area contributed by atoms with Gasteiger partial charge in [-0.1, -0.05) is 0 Å². The van der Waals surface area contributed by atoms with Gasteiger partial charge in [-0.3, -0.25) is 10.1 Å². The molecule has 0 bridgehead atoms. The number of oxazole rings is 1. The minimum atomic E-state index is -1.21. The van der Waals surface area contributed by atoms with E-state index in [4.69, 9.17) is 9.52 Å². The van der Waals surface area contributed by atoms with E-state index in [9.17, 15) is 14.9 Å². The van der Waals surface area contributed by atoms with Crippen LogP contribution in [0, 0.1) is 17.0 Å². The zero-order valence-corrected chi connectivity index (χ0v) is 9.28. The zero-order chi connectivity index (χ0) is 13.3. The summed E-state index contributed by atoms with van der Waals surface area (Å²) in [4.78, 5) is 24.6. The lowest BCUT2D eigenvalue weighted by Gasteiger charge is -2.02. The second-order valence-corrected chi connectivity index (χ2v) is 3.59. The number of nitrogens with zero attached hydrogens (tertiary/aromatic N) is 2. The Hall–Kier alpha value is -2.70. The Labute approximate surface area is 101 Å². The second kappa shape index (κ2) is 4.28. The van der Waals surface area contributed by atoms with Crippen molar-refractivity contribution >= 4 is 11.7 Å². The molecule has 7 heteroatoms. The Kier molecular flexibility index (Phi) is 2.80. The van der Waals surface area contributed by atoms with E-state index in [1.54, 1.807) is 6.92 Å². The van der Waals surface area contributed by atoms with Crippen molar-refractivity contribution in [1.29, 1.82) is 0 Å². The average molecular weight is 248 g/mol. The predicted octanol–water partition coefficient (Wildman–Crippen LogP) is 2.26. The van der Waals surface area contributed by atoms with Crippen LogP contribution in [0.2, 0.25) is 0 Å². The monoisotopic (exact) mass is 248 g/mol. The Morgan fingerprint density at radius 3 is 2.78 bits per heavy atom. The van der Waals surface area contributed by atoms with Gasteiger partial charge in [0, 0.05) is 17.7 Å². The third-order valence-electron chi connectivity index (χ3n) is 2.44. The number of carboxylic acids is 1. The van der Waals surface area contributed by atoms with Crippen molar-refractivity contribution in [3.8, 4) is 11.3 Å². The van der Waals surface area contributed by atoms with E-state index in [2.05, 4.69) is 4.98 Å². The number of carboxylic acid groups (broad SMARTS) is 1. The number of nitro benzene ring substituents is 1. The minimum Gasteiger partial charge on any atom is -0.476 e. The summed E-state index contributed by atoms with van der Waals surface area (Å²) in [6.45, 7) is 1.64. The van der Waals surface area contributed by atoms with Crippen LogP contribution in [0.1, 0.15) is 16.1 Å². The van der Waals surface area contributed by atoms with Crippen LogP contribution in [0.15, 0.2) is 29.0 Å². The molecule has 92 valence electrons. The van der Waals surface area contributed by atoms with Gasteiger partial charge < -0.3 is 9.52 Å². The SMILES string of the molecule is Cc1cc([N+](=O)[O-])ccc1-c1ocnc1C(=O)O. The maximum Gasteiger partial charge on any atom is 0.358 e. The minimum absolute atomic E-state index is 0.0624. The number of aryl methyl sites for hydroxylation is 1. The third kappa shape index (κ3) is 1.93. The van der Waals surface area contributed by atoms with Crippen LogP contribution in [0.3, 0.4) is 0 Å². The molecule has 0 saturated carbocycles. The zero-order valence-electron chi connectivity index (χ0n) is 9.28. The van der Waals surface area contributed by atoms with Crippen LogP contribution in [-0.4, -0.2) is 21.0 Å². The number of carbonyl (C=O) groups is 1. The number of hydrogen-bond donors (Lipinski definition) is 1. The largest absolute Gasteiger partial charge is 0.476 e. The summed E-state index contributed by atoms with van der Waals surface area (Å²) in [7, 11) is 0. The fraction of sp³-hybridized carbons (Fsp3) is 0.0909. The number of hydrogen-bond acceptors (Lipinski definition) is 5. The molecule has 1 heterocycles. The molecule has 0 atom stereocenters. The number of benzene rings is 1. The molecular weight excluding hydrogens is 240 g/mol. The summed E-state index contributed by atoms with van der Waals surface area (Å²) in [5.74, 6) is -1.12. The van der Waals surface area contributed by atoms with Gasteiger partial charge in [0.05, 0.1) is 4.92 Å². The molecule has 18 heavy (non-hydrogen) atoms. The highest BCUT2D eigenvalue weighted by Crippen LogP contribution is 2.29. The van der Waals surface area contributed by atoms with Crippen molar-refractivity contribution in [2.75, 3.05) is 0 Å². The van der Waals surface area contributed by atoms with E-state index in [0.29, 0.717) is 11.1 Å². The lowest BCUT2D eigenvalue weighted by Crippen LogP contribution is -1.99. The molecule has 0 amide bonds. The van der Waals surface area contributed by atoms with E-state index in [1.807, 2.05) is 0 Å². The summed E-state index contributed by atoms with van der Waals surface area (Å²) in [6.07, 6.45) is 1.03. The molecule has 2 aromatic rings. The topological polar surface area (TPSA) is 106 Å². The Morgan fingerprint density at radius 2 is 2.22 bits per heavy atom. The Bertz CT molecular complexity index is 632. The maximum absolute atomic E-state index is 10.9. The van der Waals surface area contributed by atoms with Crippen LogP contribution in [0.25, 0.3) is 11.3 Å². The molecular formula is C11H8N2O5. The number of aromatic carboxylic acids is 1. The van der Waals surface area contributed by atoms with Crippen molar-refractivity contribution in [2.24, 2.45) is 0 Å². The summed E-state index contributed by atoms with van der Waals surface area (Å²) in [6, 6.07) is 4.08. The number of rotatable bonds is 3. The molecule has 7 nitrogen and oxygen atoms in total. The van der Waals surface area contributed by atoms with Gasteiger partial charge in [-0.15, -0.1) is 0 Å². The van der Waals surface area contributed by atoms with Crippen LogP contribution < -0.4 is 0 Å². The summed E-state index contributed by atoms with van der Waals surface area (Å²) >= 11 is 0. The number of non-ortho nitro benzene ring substituents is 1. The maximum atomic E-state index is 10.9. The first-order valence-electron chi connectivity index (χ1n) is 4.93. The van der Waals surface area contributed by atoms with Gasteiger partial charge in [0.2, 0.25) is 0 Å². The van der Waals surface area contributed by atoms with Crippen molar-refractivity contribution in [3.05, 3.63) is 46.0 Å². The molecule has 0 fully saturated rings. The Balaban J connectivity index is 2.55. The van der Waals surface area contributed by atoms with Crippen molar-refractivity contribution < 1.29 is 19.2 Å². The van der Waals surface area contributed by atoms with Crippen molar-refractivity contribution in [1.82, 2.24) is 4.98 Å². The van der Waals surface area contributed by atoms with E-state index < -0.39 is 10.9 Å². The first-order valence-corrected chi connectivity index (χ1v) is 4.93. The van der Waals surface area contributed by atoms with Crippen LogP contribution in [0.5, 0.6) is 0 Å². The molecule has 1 N–H and O–H groups in total. The van der Waals surface area contributed by atoms with Gasteiger partial charge in [0.15, 0.2) is 17.8 Å². The van der Waals surface area contributed by atoms with E-state index in [0.717, 1.165) is 6.39 Å². The normalized spacial score (nSPS) is 10.3. The van der Waals surface area contributed by atoms with Gasteiger partial charge in [0.25, 0.3) is 5.69 Å². The average Bonchev–Trinajstić information content (AvgIpc) is 2.77. The smallest absolute Gasteiger partial charge is 0.358 e. The number of aromatic nitrogens is 1. The second-order valence-electron chi connectivity index (χ2n) is 3.59. The Morgan fingerprint density at radius 1 is 1.50 bits per heavy atom. The highest BCUT2D eigenvalue weighted by atomic mass is 16.6. The van der Waals surface area contributed by atoms with Gasteiger partial charge >= 0.3 is 5.97 Å². The highest BCUT2D eigenvalue weighted by molar-refractivity contribution is 5.92. The first-order chi connectivity index (χ1) is 8.50. The van der Waals surface area contributed by atoms with Crippen molar-refractivity contribution in [2.45, 2.75) is 6.92 Å². The van der Waals surface area contributed by atoms with Gasteiger partial charge in [-0.2, -0.15) is 0 Å². The summed E-state index contributed by atoms with van der Waals surface area (Å²) in [5.41, 5.74) is 0.735. The highest BCUT2D eigenvalue weighted by Gasteiger charge is 2.20. The molecule has 0 saturated heterocycles. The molecule has 0 aliphatic carbocycles. The molecule has 2 rings (SSSR count). The molecule has 1 aromatic heterocycles.